The zero-order valence-electron chi connectivity index (χ0n) is 20.7. The number of fused-ring (bicyclic) bond motifs is 3. The zero-order chi connectivity index (χ0) is 26.9. The number of carbonyl (C=O) groups excluding carboxylic acids is 2. The second-order valence-electron chi connectivity index (χ2n) is 9.44. The van der Waals surface area contributed by atoms with Crippen LogP contribution in [0.4, 0.5) is 19.4 Å². The smallest absolute Gasteiger partial charge is 0.320 e. The summed E-state index contributed by atoms with van der Waals surface area (Å²) >= 11 is 0. The van der Waals surface area contributed by atoms with Crippen LogP contribution in [0.25, 0.3) is 0 Å². The van der Waals surface area contributed by atoms with Gasteiger partial charge in [-0.2, -0.15) is 0 Å². The highest BCUT2D eigenvalue weighted by Gasteiger charge is 2.57. The average molecular weight is 538 g/mol. The molecule has 6 rings (SSSR count). The highest BCUT2D eigenvalue weighted by Crippen LogP contribution is 2.55. The van der Waals surface area contributed by atoms with Crippen LogP contribution in [0.2, 0.25) is 0 Å². The van der Waals surface area contributed by atoms with Gasteiger partial charge in [0.2, 0.25) is 0 Å². The lowest BCUT2D eigenvalue weighted by atomic mass is 10.0. The van der Waals surface area contributed by atoms with Gasteiger partial charge < -0.3 is 19.5 Å². The van der Waals surface area contributed by atoms with Gasteiger partial charge in [0.05, 0.1) is 26.0 Å². The van der Waals surface area contributed by atoms with Crippen LogP contribution in [-0.2, 0) is 4.74 Å². The van der Waals surface area contributed by atoms with E-state index in [1.807, 2.05) is 5.01 Å². The number of nitrogens with zero attached hydrogens (tertiary/aromatic N) is 2. The van der Waals surface area contributed by atoms with Gasteiger partial charge in [-0.25, -0.2) is 23.6 Å². The summed E-state index contributed by atoms with van der Waals surface area (Å²) in [6.45, 7) is 2.63. The summed E-state index contributed by atoms with van der Waals surface area (Å²) in [6, 6.07) is 11.1. The summed E-state index contributed by atoms with van der Waals surface area (Å²) in [5, 5.41) is 7.25. The third-order valence-corrected chi connectivity index (χ3v) is 6.92. The predicted molar refractivity (Wildman–Crippen MR) is 135 cm³/mol. The molecule has 10 nitrogen and oxygen atoms in total. The van der Waals surface area contributed by atoms with Crippen LogP contribution in [0.3, 0.4) is 0 Å². The number of amides is 3. The lowest BCUT2D eigenvalue weighted by Gasteiger charge is -2.26. The van der Waals surface area contributed by atoms with Crippen LogP contribution in [-0.4, -0.2) is 60.9 Å². The number of hydrogen-bond acceptors (Lipinski definition) is 7. The number of rotatable bonds is 6. The van der Waals surface area contributed by atoms with Crippen molar-refractivity contribution in [2.24, 2.45) is 5.92 Å². The molecule has 1 aliphatic carbocycles. The molecule has 3 N–H and O–H groups in total. The van der Waals surface area contributed by atoms with Gasteiger partial charge in [0, 0.05) is 42.1 Å². The highest BCUT2D eigenvalue weighted by molar-refractivity contribution is 5.94. The Labute approximate surface area is 222 Å². The molecular formula is C27H25F2N5O5. The van der Waals surface area contributed by atoms with Gasteiger partial charge in [-0.05, 0) is 48.5 Å². The fraction of sp³-hybridized carbons (Fsp3) is 0.296. The number of hydrogen-bond donors (Lipinski definition) is 3. The minimum atomic E-state index is -0.614. The Morgan fingerprint density at radius 2 is 1.72 bits per heavy atom. The summed E-state index contributed by atoms with van der Waals surface area (Å²) in [6.07, 6.45) is 1.45. The first kappa shape index (κ1) is 25.0. The largest absolute Gasteiger partial charge is 0.490 e. The van der Waals surface area contributed by atoms with Crippen molar-refractivity contribution in [3.05, 3.63) is 77.5 Å². The van der Waals surface area contributed by atoms with Gasteiger partial charge in [-0.3, -0.25) is 15.5 Å². The van der Waals surface area contributed by atoms with E-state index in [1.165, 1.54) is 6.20 Å². The van der Waals surface area contributed by atoms with Gasteiger partial charge >= 0.3 is 6.03 Å². The first-order chi connectivity index (χ1) is 19.0. The first-order valence-electron chi connectivity index (χ1n) is 12.5. The van der Waals surface area contributed by atoms with Crippen molar-refractivity contribution < 1.29 is 32.6 Å². The van der Waals surface area contributed by atoms with Crippen LogP contribution in [0.5, 0.6) is 17.2 Å². The van der Waals surface area contributed by atoms with Gasteiger partial charge in [-0.1, -0.05) is 0 Å². The molecular weight excluding hydrogens is 512 g/mol. The second-order valence-corrected chi connectivity index (χ2v) is 9.44. The van der Waals surface area contributed by atoms with Crippen molar-refractivity contribution >= 4 is 17.8 Å². The molecule has 1 saturated carbocycles. The van der Waals surface area contributed by atoms with E-state index in [1.54, 1.807) is 36.4 Å². The number of hydrazine groups is 1. The van der Waals surface area contributed by atoms with Crippen molar-refractivity contribution in [2.75, 3.05) is 38.2 Å². The van der Waals surface area contributed by atoms with Crippen LogP contribution < -0.4 is 25.5 Å². The summed E-state index contributed by atoms with van der Waals surface area (Å²) in [5.41, 5.74) is 3.52. The maximum absolute atomic E-state index is 14.3. The van der Waals surface area contributed by atoms with Crippen LogP contribution in [0, 0.1) is 17.6 Å². The van der Waals surface area contributed by atoms with E-state index in [9.17, 15) is 18.4 Å². The van der Waals surface area contributed by atoms with Gasteiger partial charge in [0.1, 0.15) is 23.1 Å². The zero-order valence-corrected chi connectivity index (χ0v) is 20.7. The number of benzene rings is 2. The second kappa shape index (κ2) is 10.5. The Balaban J connectivity index is 1.00. The molecule has 39 heavy (non-hydrogen) atoms. The molecule has 2 aromatic carbocycles. The van der Waals surface area contributed by atoms with E-state index in [0.29, 0.717) is 43.4 Å². The van der Waals surface area contributed by atoms with Crippen molar-refractivity contribution in [3.8, 4) is 17.2 Å². The minimum Gasteiger partial charge on any atom is -0.490 e. The third-order valence-electron chi connectivity index (χ3n) is 6.92. The summed E-state index contributed by atoms with van der Waals surface area (Å²) in [7, 11) is 0. The van der Waals surface area contributed by atoms with E-state index in [-0.39, 0.29) is 47.5 Å². The number of nitrogens with one attached hydrogen (secondary N) is 3. The molecule has 12 heteroatoms. The number of anilines is 1. The Morgan fingerprint density at radius 3 is 2.46 bits per heavy atom. The molecule has 0 spiro atoms. The monoisotopic (exact) mass is 537 g/mol. The molecule has 3 amide bonds. The van der Waals surface area contributed by atoms with E-state index >= 15 is 0 Å². The first-order valence-corrected chi connectivity index (χ1v) is 12.5. The van der Waals surface area contributed by atoms with Crippen molar-refractivity contribution in [3.63, 3.8) is 0 Å². The van der Waals surface area contributed by atoms with Gasteiger partial charge in [0.25, 0.3) is 5.91 Å². The SMILES string of the molecule is O=C(Nc1ccc(Oc2ccc(C(=O)NN3CCOCC3)cc2)cn1)N[C@@H]1[C@@H]2COc3c(F)ccc(F)c3[C@H]21. The summed E-state index contributed by atoms with van der Waals surface area (Å²) in [4.78, 5) is 29.1. The number of aromatic nitrogens is 1. The summed E-state index contributed by atoms with van der Waals surface area (Å²) in [5.74, 6) is -0.678. The predicted octanol–water partition coefficient (Wildman–Crippen LogP) is 3.43. The fourth-order valence-electron chi connectivity index (χ4n) is 4.87. The number of halogens is 2. The fourth-order valence-corrected chi connectivity index (χ4v) is 4.87. The molecule has 0 bridgehead atoms. The van der Waals surface area contributed by atoms with E-state index in [2.05, 4.69) is 21.0 Å². The van der Waals surface area contributed by atoms with E-state index in [0.717, 1.165) is 12.1 Å². The highest BCUT2D eigenvalue weighted by atomic mass is 19.1. The molecule has 0 unspecified atom stereocenters. The molecule has 1 aromatic heterocycles. The van der Waals surface area contributed by atoms with Crippen LogP contribution >= 0.6 is 0 Å². The minimum absolute atomic E-state index is 0.0795. The van der Waals surface area contributed by atoms with Crippen molar-refractivity contribution in [2.45, 2.75) is 12.0 Å². The standard InChI is InChI=1S/C27H25F2N5O5/c28-19-6-7-20(29)25-23(19)22-18(14-38-25)24(22)32-27(36)31-21-8-5-17(13-30-21)39-16-3-1-15(2-4-16)26(35)33-34-9-11-37-12-10-34/h1-8,13,18,22,24H,9-12,14H2,(H,33,35)(H2,30,31,32,36)/t18-,22+,24-/m1/s1. The van der Waals surface area contributed by atoms with Crippen molar-refractivity contribution in [1.29, 1.82) is 0 Å². The maximum Gasteiger partial charge on any atom is 0.320 e. The number of urea groups is 1. The number of ether oxygens (including phenoxy) is 3. The number of pyridine rings is 1. The lowest BCUT2D eigenvalue weighted by molar-refractivity contribution is 0.0126. The number of morpholine rings is 1. The average Bonchev–Trinajstić information content (AvgIpc) is 3.65. The lowest BCUT2D eigenvalue weighted by Crippen LogP contribution is -2.48. The molecule has 3 heterocycles. The molecule has 3 atom stereocenters. The maximum atomic E-state index is 14.3. The van der Waals surface area contributed by atoms with Crippen LogP contribution in [0.1, 0.15) is 21.8 Å². The Morgan fingerprint density at radius 1 is 0.974 bits per heavy atom. The van der Waals surface area contributed by atoms with Gasteiger partial charge in [-0.15, -0.1) is 0 Å². The summed E-state index contributed by atoms with van der Waals surface area (Å²) < 4.78 is 44.7. The topological polar surface area (TPSA) is 114 Å². The van der Waals surface area contributed by atoms with Crippen molar-refractivity contribution in [1.82, 2.24) is 20.7 Å². The molecule has 2 aliphatic heterocycles. The Bertz CT molecular complexity index is 1380. The third kappa shape index (κ3) is 5.33. The van der Waals surface area contributed by atoms with E-state index < -0.39 is 17.7 Å². The molecule has 3 aromatic rings. The molecule has 3 aliphatic rings. The van der Waals surface area contributed by atoms with Gasteiger partial charge in [0.15, 0.2) is 11.6 Å². The van der Waals surface area contributed by atoms with E-state index in [4.69, 9.17) is 14.2 Å². The Hall–Kier alpha value is -4.29. The number of carbonyl (C=O) groups is 2. The molecule has 1 saturated heterocycles. The quantitative estimate of drug-likeness (QED) is 0.442. The normalized spacial score (nSPS) is 21.5. The molecule has 0 radical (unpaired) electrons. The van der Waals surface area contributed by atoms with Crippen LogP contribution in [0.15, 0.2) is 54.7 Å². The molecule has 202 valence electrons. The molecule has 2 fully saturated rings. The Kier molecular flexibility index (Phi) is 6.71.